The first-order valence-corrected chi connectivity index (χ1v) is 10.8. The average molecular weight is 409 g/mol. The Bertz CT molecular complexity index is 953. The lowest BCUT2D eigenvalue weighted by atomic mass is 10.2. The van der Waals surface area contributed by atoms with Crippen LogP contribution in [0.15, 0.2) is 59.8 Å². The van der Waals surface area contributed by atoms with E-state index in [4.69, 9.17) is 4.74 Å². The number of ether oxygens (including phenoxy) is 1. The Morgan fingerprint density at radius 2 is 1.90 bits per heavy atom. The summed E-state index contributed by atoms with van der Waals surface area (Å²) >= 11 is 1.42. The molecule has 0 unspecified atom stereocenters. The fourth-order valence-corrected chi connectivity index (χ4v) is 3.84. The lowest BCUT2D eigenvalue weighted by Gasteiger charge is -2.10. The lowest BCUT2D eigenvalue weighted by molar-refractivity contribution is -0.113. The summed E-state index contributed by atoms with van der Waals surface area (Å²) in [5, 5.41) is 12.5. The molecular formula is C22H24N4O2S. The van der Waals surface area contributed by atoms with Gasteiger partial charge in [0.1, 0.15) is 11.6 Å². The molecule has 0 radical (unpaired) electrons. The van der Waals surface area contributed by atoms with Crippen molar-refractivity contribution in [2.24, 2.45) is 0 Å². The number of amides is 1. The van der Waals surface area contributed by atoms with Gasteiger partial charge < -0.3 is 14.6 Å². The number of hydrogen-bond donors (Lipinski definition) is 1. The van der Waals surface area contributed by atoms with E-state index in [2.05, 4.69) is 32.2 Å². The molecule has 1 aliphatic carbocycles. The van der Waals surface area contributed by atoms with Crippen molar-refractivity contribution in [2.75, 3.05) is 17.7 Å². The number of nitrogens with zero attached hydrogens (tertiary/aromatic N) is 3. The van der Waals surface area contributed by atoms with Gasteiger partial charge in [-0.25, -0.2) is 0 Å². The molecule has 1 aromatic heterocycles. The van der Waals surface area contributed by atoms with Crippen molar-refractivity contribution in [3.8, 4) is 5.75 Å². The van der Waals surface area contributed by atoms with Crippen LogP contribution in [0, 0.1) is 0 Å². The van der Waals surface area contributed by atoms with E-state index >= 15 is 0 Å². The van der Waals surface area contributed by atoms with Crippen LogP contribution in [0.5, 0.6) is 5.75 Å². The van der Waals surface area contributed by atoms with Crippen molar-refractivity contribution in [1.82, 2.24) is 14.8 Å². The summed E-state index contributed by atoms with van der Waals surface area (Å²) in [6, 6.07) is 17.7. The Balaban J connectivity index is 1.39. The minimum atomic E-state index is -0.0682. The molecular weight excluding hydrogens is 384 g/mol. The maximum atomic E-state index is 12.4. The third kappa shape index (κ3) is 5.17. The van der Waals surface area contributed by atoms with Crippen LogP contribution < -0.4 is 10.1 Å². The molecule has 1 saturated carbocycles. The average Bonchev–Trinajstić information content (AvgIpc) is 3.51. The molecule has 1 amide bonds. The van der Waals surface area contributed by atoms with Crippen LogP contribution >= 0.6 is 11.8 Å². The van der Waals surface area contributed by atoms with E-state index in [1.165, 1.54) is 17.3 Å². The zero-order valence-corrected chi connectivity index (χ0v) is 17.2. The molecule has 1 aliphatic rings. The minimum absolute atomic E-state index is 0.0682. The van der Waals surface area contributed by atoms with Gasteiger partial charge in [0.25, 0.3) is 0 Å². The highest BCUT2D eigenvalue weighted by Gasteiger charge is 2.30. The molecule has 0 saturated heterocycles. The summed E-state index contributed by atoms with van der Waals surface area (Å²) in [5.74, 6) is 2.54. The second-order valence-electron chi connectivity index (χ2n) is 6.98. The van der Waals surface area contributed by atoms with E-state index in [0.717, 1.165) is 41.8 Å². The summed E-state index contributed by atoms with van der Waals surface area (Å²) in [4.78, 5) is 12.4. The molecule has 6 nitrogen and oxygen atoms in total. The highest BCUT2D eigenvalue weighted by atomic mass is 32.2. The SMILES string of the molecule is CCOc1ccc(NC(=O)CSc2nnc(C3CC3)n2Cc2ccccc2)cc1. The smallest absolute Gasteiger partial charge is 0.234 e. The highest BCUT2D eigenvalue weighted by Crippen LogP contribution is 2.40. The molecule has 1 fully saturated rings. The summed E-state index contributed by atoms with van der Waals surface area (Å²) in [7, 11) is 0. The quantitative estimate of drug-likeness (QED) is 0.534. The molecule has 0 spiro atoms. The normalized spacial score (nSPS) is 13.3. The third-order valence-corrected chi connectivity index (χ3v) is 5.62. The number of rotatable bonds is 9. The molecule has 3 aromatic rings. The largest absolute Gasteiger partial charge is 0.494 e. The van der Waals surface area contributed by atoms with Crippen LogP contribution in [0.25, 0.3) is 0 Å². The van der Waals surface area contributed by atoms with Crippen molar-refractivity contribution in [3.05, 3.63) is 66.0 Å². The molecule has 1 heterocycles. The van der Waals surface area contributed by atoms with Gasteiger partial charge in [-0.05, 0) is 49.6 Å². The van der Waals surface area contributed by atoms with Gasteiger partial charge in [-0.1, -0.05) is 42.1 Å². The van der Waals surface area contributed by atoms with Gasteiger partial charge in [-0.3, -0.25) is 4.79 Å². The predicted molar refractivity (Wildman–Crippen MR) is 115 cm³/mol. The monoisotopic (exact) mass is 408 g/mol. The molecule has 0 atom stereocenters. The Kier molecular flexibility index (Phi) is 6.14. The molecule has 0 bridgehead atoms. The molecule has 1 N–H and O–H groups in total. The van der Waals surface area contributed by atoms with Crippen molar-refractivity contribution in [2.45, 2.75) is 37.4 Å². The number of carbonyl (C=O) groups is 1. The number of carbonyl (C=O) groups excluding carboxylic acids is 1. The second kappa shape index (κ2) is 9.13. The van der Waals surface area contributed by atoms with Gasteiger partial charge in [0.2, 0.25) is 5.91 Å². The van der Waals surface area contributed by atoms with Gasteiger partial charge in [0, 0.05) is 11.6 Å². The second-order valence-corrected chi connectivity index (χ2v) is 7.92. The molecule has 29 heavy (non-hydrogen) atoms. The lowest BCUT2D eigenvalue weighted by Crippen LogP contribution is -2.15. The highest BCUT2D eigenvalue weighted by molar-refractivity contribution is 7.99. The Hall–Kier alpha value is -2.80. The number of nitrogens with one attached hydrogen (secondary N) is 1. The van der Waals surface area contributed by atoms with Crippen molar-refractivity contribution in [3.63, 3.8) is 0 Å². The third-order valence-electron chi connectivity index (χ3n) is 4.65. The zero-order chi connectivity index (χ0) is 20.1. The molecule has 2 aromatic carbocycles. The van der Waals surface area contributed by atoms with Gasteiger partial charge in [0.05, 0.1) is 18.9 Å². The standard InChI is InChI=1S/C22H24N4O2S/c1-2-28-19-12-10-18(11-13-19)23-20(27)15-29-22-25-24-21(17-8-9-17)26(22)14-16-6-4-3-5-7-16/h3-7,10-13,17H,2,8-9,14-15H2,1H3,(H,23,27). The number of benzene rings is 2. The van der Waals surface area contributed by atoms with E-state index in [0.29, 0.717) is 12.5 Å². The zero-order valence-electron chi connectivity index (χ0n) is 16.4. The summed E-state index contributed by atoms with van der Waals surface area (Å²) < 4.78 is 7.58. The first-order chi connectivity index (χ1) is 14.2. The van der Waals surface area contributed by atoms with Crippen LogP contribution in [0.4, 0.5) is 5.69 Å². The Labute approximate surface area is 174 Å². The van der Waals surface area contributed by atoms with Gasteiger partial charge in [0.15, 0.2) is 5.16 Å². The van der Waals surface area contributed by atoms with Gasteiger partial charge in [-0.2, -0.15) is 0 Å². The Morgan fingerprint density at radius 1 is 1.14 bits per heavy atom. The predicted octanol–water partition coefficient (Wildman–Crippen LogP) is 4.33. The van der Waals surface area contributed by atoms with Crippen molar-refractivity contribution < 1.29 is 9.53 Å². The van der Waals surface area contributed by atoms with Crippen LogP contribution in [0.1, 0.15) is 37.1 Å². The molecule has 4 rings (SSSR count). The fraction of sp³-hybridized carbons (Fsp3) is 0.318. The summed E-state index contributed by atoms with van der Waals surface area (Å²) in [6.45, 7) is 3.29. The number of aromatic nitrogens is 3. The van der Waals surface area contributed by atoms with Crippen LogP contribution in [-0.4, -0.2) is 33.0 Å². The summed E-state index contributed by atoms with van der Waals surface area (Å²) in [6.07, 6.45) is 2.33. The van der Waals surface area contributed by atoms with Crippen molar-refractivity contribution >= 4 is 23.4 Å². The number of thioether (sulfide) groups is 1. The maximum Gasteiger partial charge on any atom is 0.234 e. The van der Waals surface area contributed by atoms with Crippen LogP contribution in [-0.2, 0) is 11.3 Å². The van der Waals surface area contributed by atoms with Crippen LogP contribution in [0.3, 0.4) is 0 Å². The number of anilines is 1. The van der Waals surface area contributed by atoms with Gasteiger partial charge >= 0.3 is 0 Å². The minimum Gasteiger partial charge on any atom is -0.494 e. The first kappa shape index (κ1) is 19.5. The Morgan fingerprint density at radius 3 is 2.59 bits per heavy atom. The maximum absolute atomic E-state index is 12.4. The van der Waals surface area contributed by atoms with E-state index in [1.807, 2.05) is 49.4 Å². The molecule has 7 heteroatoms. The fourth-order valence-electron chi connectivity index (χ4n) is 3.09. The molecule has 0 aliphatic heterocycles. The molecule has 150 valence electrons. The number of hydrogen-bond acceptors (Lipinski definition) is 5. The van der Waals surface area contributed by atoms with Crippen LogP contribution in [0.2, 0.25) is 0 Å². The topological polar surface area (TPSA) is 69.0 Å². The van der Waals surface area contributed by atoms with Crippen molar-refractivity contribution in [1.29, 1.82) is 0 Å². The van der Waals surface area contributed by atoms with E-state index in [9.17, 15) is 4.79 Å². The van der Waals surface area contributed by atoms with E-state index in [1.54, 1.807) is 0 Å². The summed E-state index contributed by atoms with van der Waals surface area (Å²) in [5.41, 5.74) is 1.96. The van der Waals surface area contributed by atoms with E-state index in [-0.39, 0.29) is 11.7 Å². The first-order valence-electron chi connectivity index (χ1n) is 9.85. The van der Waals surface area contributed by atoms with Gasteiger partial charge in [-0.15, -0.1) is 10.2 Å². The van der Waals surface area contributed by atoms with E-state index < -0.39 is 0 Å².